The molecule has 15 heavy (non-hydrogen) atoms. The molecule has 80 valence electrons. The van der Waals surface area contributed by atoms with Crippen LogP contribution >= 0.6 is 11.6 Å². The van der Waals surface area contributed by atoms with Gasteiger partial charge in [0.2, 0.25) is 5.91 Å². The maximum Gasteiger partial charge on any atom is 0.221 e. The van der Waals surface area contributed by atoms with Crippen molar-refractivity contribution in [1.82, 2.24) is 0 Å². The molecule has 0 bridgehead atoms. The highest BCUT2D eigenvalue weighted by atomic mass is 35.5. The summed E-state index contributed by atoms with van der Waals surface area (Å²) >= 11 is 5.38. The summed E-state index contributed by atoms with van der Waals surface area (Å²) in [6, 6.07) is 4.18. The second kappa shape index (κ2) is 4.79. The standard InChI is InChI=1S/C10H10ClNO3/c1-6(13)12-8-4-7(10(15)5-11)2-3-9(8)14/h2-4,14H,5H2,1H3,(H,12,13). The minimum Gasteiger partial charge on any atom is -0.506 e. The smallest absolute Gasteiger partial charge is 0.221 e. The van der Waals surface area contributed by atoms with Crippen LogP contribution in [0.4, 0.5) is 5.69 Å². The van der Waals surface area contributed by atoms with Crippen LogP contribution in [0, 0.1) is 0 Å². The number of nitrogens with one attached hydrogen (secondary N) is 1. The Balaban J connectivity index is 3.05. The zero-order valence-corrected chi connectivity index (χ0v) is 8.84. The molecule has 0 saturated heterocycles. The number of hydrogen-bond acceptors (Lipinski definition) is 3. The first-order valence-corrected chi connectivity index (χ1v) is 4.78. The molecule has 5 heteroatoms. The first-order chi connectivity index (χ1) is 7.04. The molecular formula is C10H10ClNO3. The first kappa shape index (κ1) is 11.5. The molecule has 1 amide bonds. The third-order valence-electron chi connectivity index (χ3n) is 1.75. The normalized spacial score (nSPS) is 9.73. The molecular weight excluding hydrogens is 218 g/mol. The van der Waals surface area contributed by atoms with E-state index in [9.17, 15) is 14.7 Å². The molecule has 0 radical (unpaired) electrons. The van der Waals surface area contributed by atoms with Gasteiger partial charge in [0, 0.05) is 12.5 Å². The lowest BCUT2D eigenvalue weighted by molar-refractivity contribution is -0.114. The molecule has 2 N–H and O–H groups in total. The largest absolute Gasteiger partial charge is 0.506 e. The summed E-state index contributed by atoms with van der Waals surface area (Å²) in [5.41, 5.74) is 0.560. The van der Waals surface area contributed by atoms with Crippen molar-refractivity contribution < 1.29 is 14.7 Å². The average molecular weight is 228 g/mol. The summed E-state index contributed by atoms with van der Waals surface area (Å²) in [5, 5.41) is 11.8. The fraction of sp³-hybridized carbons (Fsp3) is 0.200. The monoisotopic (exact) mass is 227 g/mol. The number of aromatic hydroxyl groups is 1. The van der Waals surface area contributed by atoms with Gasteiger partial charge >= 0.3 is 0 Å². The molecule has 4 nitrogen and oxygen atoms in total. The summed E-state index contributed by atoms with van der Waals surface area (Å²) in [5.74, 6) is -0.801. The number of amides is 1. The van der Waals surface area contributed by atoms with Crippen LogP contribution in [0.5, 0.6) is 5.75 Å². The van der Waals surface area contributed by atoms with Gasteiger partial charge < -0.3 is 10.4 Å². The van der Waals surface area contributed by atoms with Gasteiger partial charge in [0.05, 0.1) is 11.6 Å². The second-order valence-electron chi connectivity index (χ2n) is 2.97. The lowest BCUT2D eigenvalue weighted by Crippen LogP contribution is -2.07. The highest BCUT2D eigenvalue weighted by Crippen LogP contribution is 2.24. The van der Waals surface area contributed by atoms with Crippen LogP contribution in [0.25, 0.3) is 0 Å². The Bertz CT molecular complexity index is 404. The number of rotatable bonds is 3. The molecule has 0 atom stereocenters. The molecule has 0 heterocycles. The number of carbonyl (C=O) groups excluding carboxylic acids is 2. The van der Waals surface area contributed by atoms with Gasteiger partial charge in [0.25, 0.3) is 0 Å². The van der Waals surface area contributed by atoms with Gasteiger partial charge in [-0.25, -0.2) is 0 Å². The summed E-state index contributed by atoms with van der Waals surface area (Å²) in [4.78, 5) is 22.0. The van der Waals surface area contributed by atoms with Crippen molar-refractivity contribution in [3.63, 3.8) is 0 Å². The van der Waals surface area contributed by atoms with Crippen LogP contribution in [0.1, 0.15) is 17.3 Å². The molecule has 0 fully saturated rings. The Hall–Kier alpha value is -1.55. The topological polar surface area (TPSA) is 66.4 Å². The van der Waals surface area contributed by atoms with E-state index in [1.807, 2.05) is 0 Å². The Morgan fingerprint density at radius 3 is 2.67 bits per heavy atom. The minimum absolute atomic E-state index is 0.0867. The first-order valence-electron chi connectivity index (χ1n) is 4.24. The molecule has 0 aliphatic rings. The summed E-state index contributed by atoms with van der Waals surface area (Å²) in [6.07, 6.45) is 0. The van der Waals surface area contributed by atoms with Gasteiger partial charge in [-0.3, -0.25) is 9.59 Å². The quantitative estimate of drug-likeness (QED) is 0.470. The highest BCUT2D eigenvalue weighted by Gasteiger charge is 2.08. The number of carbonyl (C=O) groups is 2. The van der Waals surface area contributed by atoms with Crippen LogP contribution in [0.2, 0.25) is 0 Å². The molecule has 0 aliphatic heterocycles. The summed E-state index contributed by atoms with van der Waals surface area (Å²) in [7, 11) is 0. The van der Waals surface area contributed by atoms with Gasteiger partial charge in [0.15, 0.2) is 5.78 Å². The zero-order chi connectivity index (χ0) is 11.4. The Kier molecular flexibility index (Phi) is 3.68. The number of phenols is 1. The number of benzene rings is 1. The molecule has 0 aliphatic carbocycles. The van der Waals surface area contributed by atoms with Gasteiger partial charge in [0.1, 0.15) is 5.75 Å². The summed E-state index contributed by atoms with van der Waals surface area (Å²) < 4.78 is 0. The van der Waals surface area contributed by atoms with Crippen LogP contribution in [-0.2, 0) is 4.79 Å². The van der Waals surface area contributed by atoms with E-state index in [2.05, 4.69) is 5.32 Å². The van der Waals surface area contributed by atoms with Crippen molar-refractivity contribution in [2.24, 2.45) is 0 Å². The fourth-order valence-electron chi connectivity index (χ4n) is 1.08. The Morgan fingerprint density at radius 1 is 1.47 bits per heavy atom. The van der Waals surface area contributed by atoms with Crippen molar-refractivity contribution in [2.45, 2.75) is 6.92 Å². The van der Waals surface area contributed by atoms with Crippen molar-refractivity contribution in [3.05, 3.63) is 23.8 Å². The van der Waals surface area contributed by atoms with E-state index in [0.717, 1.165) is 0 Å². The Labute approximate surface area is 91.9 Å². The van der Waals surface area contributed by atoms with E-state index in [1.165, 1.54) is 25.1 Å². The zero-order valence-electron chi connectivity index (χ0n) is 8.08. The SMILES string of the molecule is CC(=O)Nc1cc(C(=O)CCl)ccc1O. The molecule has 1 aromatic rings. The molecule has 0 unspecified atom stereocenters. The van der Waals surface area contributed by atoms with E-state index < -0.39 is 0 Å². The van der Waals surface area contributed by atoms with E-state index in [-0.39, 0.29) is 29.0 Å². The predicted octanol–water partition coefficient (Wildman–Crippen LogP) is 1.77. The number of phenolic OH excluding ortho intramolecular Hbond substituents is 1. The van der Waals surface area contributed by atoms with Crippen LogP contribution in [-0.4, -0.2) is 22.7 Å². The fourth-order valence-corrected chi connectivity index (χ4v) is 1.23. The van der Waals surface area contributed by atoms with Crippen molar-refractivity contribution in [1.29, 1.82) is 0 Å². The molecule has 1 aromatic carbocycles. The molecule has 0 aromatic heterocycles. The van der Waals surface area contributed by atoms with E-state index in [0.29, 0.717) is 5.56 Å². The number of ketones is 1. The van der Waals surface area contributed by atoms with Crippen molar-refractivity contribution in [3.8, 4) is 5.75 Å². The maximum atomic E-state index is 11.2. The third kappa shape index (κ3) is 2.95. The minimum atomic E-state index is -0.319. The molecule has 0 saturated carbocycles. The van der Waals surface area contributed by atoms with Crippen molar-refractivity contribution >= 4 is 29.0 Å². The second-order valence-corrected chi connectivity index (χ2v) is 3.24. The molecule has 1 rings (SSSR count). The summed E-state index contributed by atoms with van der Waals surface area (Å²) in [6.45, 7) is 1.31. The number of Topliss-reactive ketones (excluding diaryl/α,β-unsaturated/α-hetero) is 1. The van der Waals surface area contributed by atoms with Crippen molar-refractivity contribution in [2.75, 3.05) is 11.2 Å². The number of hydrogen-bond donors (Lipinski definition) is 2. The van der Waals surface area contributed by atoms with Crippen LogP contribution in [0.3, 0.4) is 0 Å². The van der Waals surface area contributed by atoms with E-state index >= 15 is 0 Å². The Morgan fingerprint density at radius 2 is 2.13 bits per heavy atom. The van der Waals surface area contributed by atoms with Gasteiger partial charge in [-0.15, -0.1) is 11.6 Å². The van der Waals surface area contributed by atoms with E-state index in [4.69, 9.17) is 11.6 Å². The van der Waals surface area contributed by atoms with Gasteiger partial charge in [-0.05, 0) is 18.2 Å². The number of halogens is 1. The van der Waals surface area contributed by atoms with Gasteiger partial charge in [-0.2, -0.15) is 0 Å². The predicted molar refractivity (Wildman–Crippen MR) is 57.5 cm³/mol. The molecule has 0 spiro atoms. The highest BCUT2D eigenvalue weighted by molar-refractivity contribution is 6.30. The average Bonchev–Trinajstić information content (AvgIpc) is 2.19. The van der Waals surface area contributed by atoms with Crippen LogP contribution < -0.4 is 5.32 Å². The lowest BCUT2D eigenvalue weighted by atomic mass is 10.1. The number of alkyl halides is 1. The van der Waals surface area contributed by atoms with E-state index in [1.54, 1.807) is 0 Å². The maximum absolute atomic E-state index is 11.2. The third-order valence-corrected chi connectivity index (χ3v) is 1.99. The van der Waals surface area contributed by atoms with Crippen LogP contribution in [0.15, 0.2) is 18.2 Å². The van der Waals surface area contributed by atoms with Gasteiger partial charge in [-0.1, -0.05) is 0 Å². The number of anilines is 1. The lowest BCUT2D eigenvalue weighted by Gasteiger charge is -2.06.